The molecule has 1 amide bonds. The van der Waals surface area contributed by atoms with Crippen LogP contribution in [0.2, 0.25) is 0 Å². The number of rotatable bonds is 4. The van der Waals surface area contributed by atoms with Crippen molar-refractivity contribution in [3.8, 4) is 11.1 Å². The molecule has 0 aliphatic carbocycles. The van der Waals surface area contributed by atoms with Crippen molar-refractivity contribution in [1.29, 1.82) is 0 Å². The molecule has 41 heavy (non-hydrogen) atoms. The minimum absolute atomic E-state index is 0.0159. The molecule has 5 aromatic rings. The second kappa shape index (κ2) is 10.2. The third-order valence-corrected chi connectivity index (χ3v) is 7.44. The predicted octanol–water partition coefficient (Wildman–Crippen LogP) is 6.04. The number of piperidine rings is 1. The van der Waals surface area contributed by atoms with Crippen molar-refractivity contribution < 1.29 is 9.53 Å². The normalized spacial score (nSPS) is 14.4. The Morgan fingerprint density at radius 3 is 2.61 bits per heavy atom. The van der Waals surface area contributed by atoms with Crippen LogP contribution in [0, 0.1) is 6.57 Å². The molecule has 0 spiro atoms. The van der Waals surface area contributed by atoms with E-state index in [-0.39, 0.29) is 12.0 Å². The lowest BCUT2D eigenvalue weighted by atomic mass is 9.91. The largest absolute Gasteiger partial charge is 0.444 e. The number of aromatic nitrogens is 5. The standard InChI is InChI=1S/C31H32N8O2/c1-31(2,3)41-30(40)37-14-12-21(13-15-37)27-26(33-4)25(28-29(32)34-19-35-39(27)28)22-10-11-23-18-38(36-24(23)16-22)17-20-8-6-5-7-9-20/h5-11,16,18-19,21H,12-15,17H2,1-3H3,(H2,32,34,35). The third-order valence-electron chi connectivity index (χ3n) is 7.44. The summed E-state index contributed by atoms with van der Waals surface area (Å²) in [5.41, 5.74) is 11.3. The summed E-state index contributed by atoms with van der Waals surface area (Å²) in [6.45, 7) is 15.5. The Hall–Kier alpha value is -4.91. The molecule has 0 bridgehead atoms. The first-order valence-electron chi connectivity index (χ1n) is 13.7. The first kappa shape index (κ1) is 26.3. The van der Waals surface area contributed by atoms with Gasteiger partial charge < -0.3 is 15.4 Å². The van der Waals surface area contributed by atoms with Gasteiger partial charge in [0.25, 0.3) is 0 Å². The van der Waals surface area contributed by atoms with Crippen molar-refractivity contribution in [1.82, 2.24) is 29.3 Å². The molecule has 6 rings (SSSR count). The van der Waals surface area contributed by atoms with E-state index in [2.05, 4.69) is 27.1 Å². The molecule has 0 unspecified atom stereocenters. The second-order valence-corrected chi connectivity index (χ2v) is 11.5. The van der Waals surface area contributed by atoms with E-state index in [1.165, 1.54) is 11.9 Å². The third kappa shape index (κ3) is 5.07. The van der Waals surface area contributed by atoms with Crippen molar-refractivity contribution in [2.45, 2.75) is 51.7 Å². The van der Waals surface area contributed by atoms with Crippen LogP contribution in [0.25, 0.3) is 32.4 Å². The Morgan fingerprint density at radius 2 is 1.90 bits per heavy atom. The van der Waals surface area contributed by atoms with Gasteiger partial charge in [0.15, 0.2) is 5.82 Å². The maximum absolute atomic E-state index is 12.6. The van der Waals surface area contributed by atoms with E-state index in [0.717, 1.165) is 22.2 Å². The maximum atomic E-state index is 12.6. The van der Waals surface area contributed by atoms with E-state index in [4.69, 9.17) is 22.1 Å². The van der Waals surface area contributed by atoms with Crippen LogP contribution in [-0.2, 0) is 11.3 Å². The summed E-state index contributed by atoms with van der Waals surface area (Å²) in [5.74, 6) is 0.328. The number of benzene rings is 2. The highest BCUT2D eigenvalue weighted by molar-refractivity contribution is 6.00. The first-order valence-corrected chi connectivity index (χ1v) is 13.7. The molecule has 2 N–H and O–H groups in total. The van der Waals surface area contributed by atoms with Gasteiger partial charge in [0, 0.05) is 30.2 Å². The number of nitrogens with two attached hydrogens (primary N) is 1. The number of carbonyl (C=O) groups is 1. The van der Waals surface area contributed by atoms with E-state index >= 15 is 0 Å². The van der Waals surface area contributed by atoms with Gasteiger partial charge in [-0.15, -0.1) is 0 Å². The van der Waals surface area contributed by atoms with Gasteiger partial charge in [-0.25, -0.2) is 19.1 Å². The molecule has 1 fully saturated rings. The number of hydrogen-bond donors (Lipinski definition) is 1. The number of amides is 1. The van der Waals surface area contributed by atoms with Crippen molar-refractivity contribution in [3.63, 3.8) is 0 Å². The van der Waals surface area contributed by atoms with Gasteiger partial charge in [0.1, 0.15) is 17.4 Å². The molecule has 0 atom stereocenters. The summed E-state index contributed by atoms with van der Waals surface area (Å²) < 4.78 is 9.27. The van der Waals surface area contributed by atoms with Crippen molar-refractivity contribution in [2.75, 3.05) is 18.8 Å². The Kier molecular flexibility index (Phi) is 6.58. The summed E-state index contributed by atoms with van der Waals surface area (Å²) in [4.78, 5) is 22.7. The van der Waals surface area contributed by atoms with Crippen LogP contribution in [-0.4, -0.2) is 54.1 Å². The fraction of sp³-hybridized carbons (Fsp3) is 0.323. The molecule has 1 saturated heterocycles. The number of hydrogen-bond acceptors (Lipinski definition) is 6. The van der Waals surface area contributed by atoms with E-state index in [1.54, 1.807) is 9.42 Å². The van der Waals surface area contributed by atoms with Gasteiger partial charge in [0.05, 0.1) is 24.3 Å². The zero-order chi connectivity index (χ0) is 28.7. The minimum atomic E-state index is -0.551. The van der Waals surface area contributed by atoms with Gasteiger partial charge in [-0.2, -0.15) is 10.2 Å². The fourth-order valence-corrected chi connectivity index (χ4v) is 5.61. The molecule has 3 aromatic heterocycles. The summed E-state index contributed by atoms with van der Waals surface area (Å²) in [7, 11) is 0. The molecular formula is C31H32N8O2. The second-order valence-electron chi connectivity index (χ2n) is 11.5. The number of nitrogen functional groups attached to an aromatic ring is 1. The van der Waals surface area contributed by atoms with Gasteiger partial charge in [-0.05, 0) is 56.7 Å². The Bertz CT molecular complexity index is 1780. The highest BCUT2D eigenvalue weighted by atomic mass is 16.6. The molecule has 2 aromatic carbocycles. The van der Waals surface area contributed by atoms with Crippen molar-refractivity contribution in [2.24, 2.45) is 0 Å². The molecule has 0 radical (unpaired) electrons. The van der Waals surface area contributed by atoms with Crippen LogP contribution in [0.4, 0.5) is 16.3 Å². The van der Waals surface area contributed by atoms with Gasteiger partial charge >= 0.3 is 6.09 Å². The first-order chi connectivity index (χ1) is 19.7. The SMILES string of the molecule is [C-]#[N+]c1c(-c2ccc3cn(Cc4ccccc4)nc3c2)c2c(N)ncnn2c1C1CCN(C(=O)OC(C)(C)C)CC1. The number of likely N-dealkylation sites (tertiary alicyclic amines) is 1. The molecule has 0 saturated carbocycles. The van der Waals surface area contributed by atoms with Crippen LogP contribution >= 0.6 is 0 Å². The van der Waals surface area contributed by atoms with E-state index < -0.39 is 5.60 Å². The summed E-state index contributed by atoms with van der Waals surface area (Å²) in [6.07, 6.45) is 4.50. The lowest BCUT2D eigenvalue weighted by molar-refractivity contribution is 0.0204. The summed E-state index contributed by atoms with van der Waals surface area (Å²) in [6, 6.07) is 16.2. The zero-order valence-electron chi connectivity index (χ0n) is 23.4. The lowest BCUT2D eigenvalue weighted by Crippen LogP contribution is -2.41. The molecular weight excluding hydrogens is 516 g/mol. The van der Waals surface area contributed by atoms with Crippen LogP contribution in [0.1, 0.15) is 50.8 Å². The van der Waals surface area contributed by atoms with Crippen molar-refractivity contribution >= 4 is 34.0 Å². The Morgan fingerprint density at radius 1 is 1.15 bits per heavy atom. The van der Waals surface area contributed by atoms with Crippen LogP contribution in [0.15, 0.2) is 61.1 Å². The fourth-order valence-electron chi connectivity index (χ4n) is 5.61. The average molecular weight is 549 g/mol. The number of ether oxygens (including phenoxy) is 1. The zero-order valence-corrected chi connectivity index (χ0v) is 23.4. The van der Waals surface area contributed by atoms with Crippen LogP contribution in [0.3, 0.4) is 0 Å². The average Bonchev–Trinajstić information content (AvgIpc) is 3.51. The minimum Gasteiger partial charge on any atom is -0.444 e. The van der Waals surface area contributed by atoms with Gasteiger partial charge in [-0.3, -0.25) is 4.68 Å². The van der Waals surface area contributed by atoms with E-state index in [0.29, 0.717) is 55.1 Å². The molecule has 208 valence electrons. The molecule has 10 nitrogen and oxygen atoms in total. The number of nitrogens with zero attached hydrogens (tertiary/aromatic N) is 7. The lowest BCUT2D eigenvalue weighted by Gasteiger charge is -2.33. The number of carbonyl (C=O) groups excluding carboxylic acids is 1. The quantitative estimate of drug-likeness (QED) is 0.274. The predicted molar refractivity (Wildman–Crippen MR) is 158 cm³/mol. The van der Waals surface area contributed by atoms with Crippen LogP contribution in [0.5, 0.6) is 0 Å². The smallest absolute Gasteiger partial charge is 0.410 e. The molecule has 10 heteroatoms. The van der Waals surface area contributed by atoms with Crippen molar-refractivity contribution in [3.05, 3.63) is 83.7 Å². The van der Waals surface area contributed by atoms with Gasteiger partial charge in [0.2, 0.25) is 5.69 Å². The maximum Gasteiger partial charge on any atom is 0.410 e. The Labute approximate surface area is 238 Å². The highest BCUT2D eigenvalue weighted by Crippen LogP contribution is 2.46. The Balaban J connectivity index is 1.37. The summed E-state index contributed by atoms with van der Waals surface area (Å²) >= 11 is 0. The molecule has 4 heterocycles. The number of anilines is 1. The summed E-state index contributed by atoms with van der Waals surface area (Å²) in [5, 5.41) is 10.4. The molecule has 1 aliphatic heterocycles. The molecule has 1 aliphatic rings. The van der Waals surface area contributed by atoms with E-state index in [9.17, 15) is 4.79 Å². The topological polar surface area (TPSA) is 108 Å². The highest BCUT2D eigenvalue weighted by Gasteiger charge is 2.33. The van der Waals surface area contributed by atoms with Gasteiger partial charge in [-0.1, -0.05) is 42.5 Å². The van der Waals surface area contributed by atoms with Crippen LogP contribution < -0.4 is 5.73 Å². The number of fused-ring (bicyclic) bond motifs is 2. The monoisotopic (exact) mass is 548 g/mol. The van der Waals surface area contributed by atoms with E-state index in [1.807, 2.05) is 68.0 Å².